The lowest BCUT2D eigenvalue weighted by atomic mass is 10.1. The van der Waals surface area contributed by atoms with E-state index in [4.69, 9.17) is 14.6 Å². The van der Waals surface area contributed by atoms with Gasteiger partial charge in [-0.05, 0) is 24.6 Å². The number of fused-ring (bicyclic) bond motifs is 1. The molecular weight excluding hydrogens is 238 g/mol. The van der Waals surface area contributed by atoms with Gasteiger partial charge in [0, 0.05) is 10.9 Å². The van der Waals surface area contributed by atoms with Gasteiger partial charge in [-0.15, -0.1) is 11.3 Å². The van der Waals surface area contributed by atoms with Crippen molar-refractivity contribution in [2.75, 3.05) is 6.79 Å². The Bertz CT molecular complexity index is 565. The van der Waals surface area contributed by atoms with Crippen LogP contribution in [0.15, 0.2) is 17.5 Å². The van der Waals surface area contributed by atoms with E-state index >= 15 is 0 Å². The summed E-state index contributed by atoms with van der Waals surface area (Å²) in [5.74, 6) is 1.54. The Kier molecular flexibility index (Phi) is 2.49. The molecule has 0 radical (unpaired) electrons. The van der Waals surface area contributed by atoms with Crippen molar-refractivity contribution in [3.8, 4) is 22.8 Å². The van der Waals surface area contributed by atoms with E-state index in [1.165, 1.54) is 11.3 Å². The van der Waals surface area contributed by atoms with Crippen LogP contribution >= 0.6 is 11.3 Å². The minimum absolute atomic E-state index is 0.0196. The van der Waals surface area contributed by atoms with Crippen LogP contribution in [0.3, 0.4) is 0 Å². The van der Waals surface area contributed by atoms with Crippen LogP contribution in [0.25, 0.3) is 11.3 Å². The predicted molar refractivity (Wildman–Crippen MR) is 64.3 cm³/mol. The molecule has 3 rings (SSSR count). The molecule has 0 saturated heterocycles. The minimum atomic E-state index is -0.0196. The number of benzene rings is 1. The summed E-state index contributed by atoms with van der Waals surface area (Å²) in [6.45, 7) is 2.26. The fourth-order valence-electron chi connectivity index (χ4n) is 1.83. The molecule has 1 aromatic carbocycles. The molecule has 1 aliphatic rings. The third-order valence-corrected chi connectivity index (χ3v) is 3.52. The van der Waals surface area contributed by atoms with E-state index in [-0.39, 0.29) is 13.4 Å². The Labute approximate surface area is 102 Å². The van der Waals surface area contributed by atoms with Gasteiger partial charge in [0.25, 0.3) is 0 Å². The number of hydrogen-bond acceptors (Lipinski definition) is 5. The standard InChI is InChI=1S/C12H11NO3S/c1-7-2-10-11(16-6-15-10)3-8(7)9-5-17-12(4-14)13-9/h2-3,5,14H,4,6H2,1H3. The SMILES string of the molecule is Cc1cc2c(cc1-c1csc(CO)n1)OCO2. The Balaban J connectivity index is 2.08. The smallest absolute Gasteiger partial charge is 0.231 e. The summed E-state index contributed by atoms with van der Waals surface area (Å²) < 4.78 is 10.7. The summed E-state index contributed by atoms with van der Waals surface area (Å²) in [6.07, 6.45) is 0. The highest BCUT2D eigenvalue weighted by molar-refractivity contribution is 7.09. The first-order valence-corrected chi connectivity index (χ1v) is 6.12. The van der Waals surface area contributed by atoms with Crippen LogP contribution in [0.4, 0.5) is 0 Å². The van der Waals surface area contributed by atoms with Gasteiger partial charge in [0.1, 0.15) is 5.01 Å². The van der Waals surface area contributed by atoms with Gasteiger partial charge in [-0.1, -0.05) is 0 Å². The molecule has 0 bridgehead atoms. The van der Waals surface area contributed by atoms with Crippen LogP contribution in [0.2, 0.25) is 0 Å². The number of aromatic nitrogens is 1. The number of aliphatic hydroxyl groups is 1. The molecule has 1 N–H and O–H groups in total. The first-order chi connectivity index (χ1) is 8.28. The second-order valence-corrected chi connectivity index (χ2v) is 4.75. The molecule has 1 aromatic heterocycles. The highest BCUT2D eigenvalue weighted by Crippen LogP contribution is 2.38. The highest BCUT2D eigenvalue weighted by atomic mass is 32.1. The van der Waals surface area contributed by atoms with E-state index in [9.17, 15) is 0 Å². The number of thiazole rings is 1. The molecule has 0 fully saturated rings. The molecule has 0 atom stereocenters. The maximum absolute atomic E-state index is 9.03. The lowest BCUT2D eigenvalue weighted by molar-refractivity contribution is 0.174. The number of aryl methyl sites for hydroxylation is 1. The number of nitrogens with zero attached hydrogens (tertiary/aromatic N) is 1. The highest BCUT2D eigenvalue weighted by Gasteiger charge is 2.17. The lowest BCUT2D eigenvalue weighted by Crippen LogP contribution is -1.92. The molecule has 0 unspecified atom stereocenters. The van der Waals surface area contributed by atoms with Crippen LogP contribution in [0.5, 0.6) is 11.5 Å². The number of hydrogen-bond donors (Lipinski definition) is 1. The molecule has 1 aliphatic heterocycles. The van der Waals surface area contributed by atoms with Crippen LogP contribution in [-0.2, 0) is 6.61 Å². The van der Waals surface area contributed by atoms with Gasteiger partial charge >= 0.3 is 0 Å². The zero-order chi connectivity index (χ0) is 11.8. The average Bonchev–Trinajstić information content (AvgIpc) is 2.94. The van der Waals surface area contributed by atoms with Gasteiger partial charge in [0.05, 0.1) is 12.3 Å². The van der Waals surface area contributed by atoms with Crippen LogP contribution in [0, 0.1) is 6.92 Å². The number of ether oxygens (including phenoxy) is 2. The Morgan fingerprint density at radius 1 is 1.35 bits per heavy atom. The largest absolute Gasteiger partial charge is 0.454 e. The first-order valence-electron chi connectivity index (χ1n) is 5.24. The summed E-state index contributed by atoms with van der Waals surface area (Å²) in [5, 5.41) is 11.7. The fourth-order valence-corrected chi connectivity index (χ4v) is 2.48. The third-order valence-electron chi connectivity index (χ3n) is 2.68. The van der Waals surface area contributed by atoms with Crippen molar-refractivity contribution in [3.63, 3.8) is 0 Å². The molecule has 4 nitrogen and oxygen atoms in total. The van der Waals surface area contributed by atoms with Crippen LogP contribution in [0.1, 0.15) is 10.6 Å². The van der Waals surface area contributed by atoms with E-state index in [1.54, 1.807) is 0 Å². The zero-order valence-electron chi connectivity index (χ0n) is 9.27. The van der Waals surface area contributed by atoms with Gasteiger partial charge < -0.3 is 14.6 Å². The molecule has 0 saturated carbocycles. The van der Waals surface area contributed by atoms with Gasteiger partial charge in [-0.2, -0.15) is 0 Å². The molecule has 0 aliphatic carbocycles. The molecule has 2 aromatic rings. The van der Waals surface area contributed by atoms with Crippen molar-refractivity contribution in [1.29, 1.82) is 0 Å². The maximum Gasteiger partial charge on any atom is 0.231 e. The third kappa shape index (κ3) is 1.77. The number of aliphatic hydroxyl groups excluding tert-OH is 1. The Morgan fingerprint density at radius 2 is 2.12 bits per heavy atom. The van der Waals surface area contributed by atoms with Gasteiger partial charge in [0.2, 0.25) is 6.79 Å². The van der Waals surface area contributed by atoms with E-state index in [2.05, 4.69) is 4.98 Å². The molecule has 88 valence electrons. The molecular formula is C12H11NO3S. The summed E-state index contributed by atoms with van der Waals surface area (Å²) in [6, 6.07) is 3.89. The van der Waals surface area contributed by atoms with Crippen molar-refractivity contribution < 1.29 is 14.6 Å². The van der Waals surface area contributed by atoms with Crippen LogP contribution < -0.4 is 9.47 Å². The maximum atomic E-state index is 9.03. The minimum Gasteiger partial charge on any atom is -0.454 e. The molecule has 5 heteroatoms. The predicted octanol–water partition coefficient (Wildman–Crippen LogP) is 2.34. The lowest BCUT2D eigenvalue weighted by Gasteiger charge is -2.04. The Hall–Kier alpha value is -1.59. The quantitative estimate of drug-likeness (QED) is 0.887. The molecule has 0 spiro atoms. The van der Waals surface area contributed by atoms with E-state index < -0.39 is 0 Å². The van der Waals surface area contributed by atoms with Crippen molar-refractivity contribution in [3.05, 3.63) is 28.1 Å². The topological polar surface area (TPSA) is 51.6 Å². The van der Waals surface area contributed by atoms with Gasteiger partial charge in [0.15, 0.2) is 11.5 Å². The zero-order valence-corrected chi connectivity index (χ0v) is 10.1. The van der Waals surface area contributed by atoms with E-state index in [0.717, 1.165) is 33.3 Å². The van der Waals surface area contributed by atoms with Crippen molar-refractivity contribution >= 4 is 11.3 Å². The summed E-state index contributed by atoms with van der Waals surface area (Å²) >= 11 is 1.45. The van der Waals surface area contributed by atoms with E-state index in [1.807, 2.05) is 24.4 Å². The second kappa shape index (κ2) is 4.01. The van der Waals surface area contributed by atoms with Gasteiger partial charge in [-0.3, -0.25) is 0 Å². The fraction of sp³-hybridized carbons (Fsp3) is 0.250. The monoisotopic (exact) mass is 249 g/mol. The van der Waals surface area contributed by atoms with Crippen LogP contribution in [-0.4, -0.2) is 16.9 Å². The molecule has 0 amide bonds. The average molecular weight is 249 g/mol. The second-order valence-electron chi connectivity index (χ2n) is 3.80. The summed E-state index contributed by atoms with van der Waals surface area (Å²) in [7, 11) is 0. The van der Waals surface area contributed by atoms with Crippen molar-refractivity contribution in [2.45, 2.75) is 13.5 Å². The Morgan fingerprint density at radius 3 is 2.82 bits per heavy atom. The van der Waals surface area contributed by atoms with Crippen molar-refractivity contribution in [1.82, 2.24) is 4.98 Å². The normalized spacial score (nSPS) is 13.1. The molecule has 2 heterocycles. The van der Waals surface area contributed by atoms with Crippen molar-refractivity contribution in [2.24, 2.45) is 0 Å². The summed E-state index contributed by atoms with van der Waals surface area (Å²) in [5.41, 5.74) is 2.98. The van der Waals surface area contributed by atoms with E-state index in [0.29, 0.717) is 0 Å². The first kappa shape index (κ1) is 10.6. The number of rotatable bonds is 2. The summed E-state index contributed by atoms with van der Waals surface area (Å²) in [4.78, 5) is 4.36. The molecule has 17 heavy (non-hydrogen) atoms. The van der Waals surface area contributed by atoms with Gasteiger partial charge in [-0.25, -0.2) is 4.98 Å².